The van der Waals surface area contributed by atoms with Gasteiger partial charge in [0, 0.05) is 4.88 Å². The number of hydrogen-bond acceptors (Lipinski definition) is 5. The van der Waals surface area contributed by atoms with Crippen LogP contribution < -0.4 is 10.3 Å². The number of thioether (sulfide) groups is 1. The minimum absolute atomic E-state index is 0.0148. The Hall–Kier alpha value is -2.05. The molecule has 1 aliphatic carbocycles. The number of ether oxygens (including phenoxy) is 1. The molecule has 28 heavy (non-hydrogen) atoms. The van der Waals surface area contributed by atoms with Gasteiger partial charge in [-0.1, -0.05) is 25.5 Å². The normalized spacial score (nSPS) is 13.9. The fourth-order valence-electron chi connectivity index (χ4n) is 3.49. The van der Waals surface area contributed by atoms with Crippen molar-refractivity contribution < 1.29 is 4.74 Å². The molecule has 0 unspecified atom stereocenters. The molecule has 1 aliphatic rings. The Morgan fingerprint density at radius 3 is 2.89 bits per heavy atom. The number of rotatable bonds is 7. The maximum absolute atomic E-state index is 12.7. The summed E-state index contributed by atoms with van der Waals surface area (Å²) in [5.41, 5.74) is 2.26. The topological polar surface area (TPSA) is 55.0 Å². The average Bonchev–Trinajstić information content (AvgIpc) is 3.28. The summed E-state index contributed by atoms with van der Waals surface area (Å²) in [7, 11) is 0. The zero-order chi connectivity index (χ0) is 19.5. The molecule has 4 rings (SSSR count). The van der Waals surface area contributed by atoms with Gasteiger partial charge in [-0.15, -0.1) is 23.1 Å². The smallest absolute Gasteiger partial charge is 0.260 e. The van der Waals surface area contributed by atoms with Gasteiger partial charge in [0.15, 0.2) is 0 Å². The Morgan fingerprint density at radius 1 is 1.32 bits per heavy atom. The summed E-state index contributed by atoms with van der Waals surface area (Å²) in [5, 5.41) is 0.801. The van der Waals surface area contributed by atoms with Crippen LogP contribution in [-0.4, -0.2) is 22.8 Å². The third-order valence-electron chi connectivity index (χ3n) is 4.97. The summed E-state index contributed by atoms with van der Waals surface area (Å²) in [6.45, 7) is 2.90. The summed E-state index contributed by atoms with van der Waals surface area (Å²) in [6, 6.07) is 8.05. The molecule has 0 atom stereocenters. The lowest BCUT2D eigenvalue weighted by atomic mass is 10.2. The van der Waals surface area contributed by atoms with E-state index < -0.39 is 0 Å². The first-order valence-corrected chi connectivity index (χ1v) is 11.8. The van der Waals surface area contributed by atoms with Crippen molar-refractivity contribution in [3.05, 3.63) is 56.4 Å². The molecule has 0 fully saturated rings. The fraction of sp³-hybridized carbons (Fsp3) is 0.364. The van der Waals surface area contributed by atoms with E-state index in [1.54, 1.807) is 23.1 Å². The standard InChI is InChI=1S/C22H24N2O2S2/c1-3-4-12-26-15-10-8-14(9-11-15)13-18(27-2)20-23-21(25)19-16-6-5-7-17(16)28-22(19)24-20/h8-11,13H,3-7,12H2,1-2H3,(H,23,24,25)/b18-13-. The van der Waals surface area contributed by atoms with Gasteiger partial charge >= 0.3 is 0 Å². The molecule has 0 spiro atoms. The number of hydrogen-bond donors (Lipinski definition) is 1. The molecular weight excluding hydrogens is 388 g/mol. The van der Waals surface area contributed by atoms with Gasteiger partial charge in [-0.05, 0) is 61.3 Å². The minimum atomic E-state index is -0.0148. The molecule has 2 heterocycles. The number of unbranched alkanes of at least 4 members (excludes halogenated alkanes) is 1. The van der Waals surface area contributed by atoms with Crippen molar-refractivity contribution in [2.45, 2.75) is 39.0 Å². The highest BCUT2D eigenvalue weighted by Crippen LogP contribution is 2.35. The van der Waals surface area contributed by atoms with Gasteiger partial charge in [0.05, 0.1) is 16.9 Å². The van der Waals surface area contributed by atoms with E-state index in [1.165, 1.54) is 10.4 Å². The predicted octanol–water partition coefficient (Wildman–Crippen LogP) is 5.51. The van der Waals surface area contributed by atoms with Crippen molar-refractivity contribution in [3.8, 4) is 5.75 Å². The van der Waals surface area contributed by atoms with Gasteiger partial charge in [-0.2, -0.15) is 0 Å². The van der Waals surface area contributed by atoms with Crippen molar-refractivity contribution in [2.24, 2.45) is 0 Å². The van der Waals surface area contributed by atoms with E-state index in [2.05, 4.69) is 18.0 Å². The molecule has 3 aromatic rings. The van der Waals surface area contributed by atoms with Crippen molar-refractivity contribution >= 4 is 44.3 Å². The van der Waals surface area contributed by atoms with Crippen LogP contribution in [0, 0.1) is 0 Å². The number of aryl methyl sites for hydroxylation is 2. The molecule has 1 aromatic carbocycles. The quantitative estimate of drug-likeness (QED) is 0.520. The molecule has 1 N–H and O–H groups in total. The van der Waals surface area contributed by atoms with Gasteiger partial charge in [0.1, 0.15) is 16.4 Å². The lowest BCUT2D eigenvalue weighted by Gasteiger charge is -2.07. The predicted molar refractivity (Wildman–Crippen MR) is 120 cm³/mol. The van der Waals surface area contributed by atoms with Gasteiger partial charge in [0.2, 0.25) is 0 Å². The van der Waals surface area contributed by atoms with E-state index in [9.17, 15) is 4.79 Å². The molecule has 4 nitrogen and oxygen atoms in total. The molecule has 0 radical (unpaired) electrons. The molecule has 0 bridgehead atoms. The summed E-state index contributed by atoms with van der Waals surface area (Å²) >= 11 is 3.26. The maximum atomic E-state index is 12.7. The second-order valence-electron chi connectivity index (χ2n) is 6.94. The van der Waals surface area contributed by atoms with Crippen molar-refractivity contribution in [1.82, 2.24) is 9.97 Å². The van der Waals surface area contributed by atoms with E-state index in [4.69, 9.17) is 9.72 Å². The second kappa shape index (κ2) is 8.53. The van der Waals surface area contributed by atoms with Crippen LogP contribution in [0.15, 0.2) is 29.1 Å². The Labute approximate surface area is 173 Å². The summed E-state index contributed by atoms with van der Waals surface area (Å²) in [5.74, 6) is 1.53. The lowest BCUT2D eigenvalue weighted by molar-refractivity contribution is 0.309. The summed E-state index contributed by atoms with van der Waals surface area (Å²) < 4.78 is 5.73. The fourth-order valence-corrected chi connectivity index (χ4v) is 5.29. The van der Waals surface area contributed by atoms with E-state index >= 15 is 0 Å². The van der Waals surface area contributed by atoms with Gasteiger partial charge < -0.3 is 9.72 Å². The van der Waals surface area contributed by atoms with E-state index in [1.807, 2.05) is 30.5 Å². The number of aromatic amines is 1. The summed E-state index contributed by atoms with van der Waals surface area (Å²) in [4.78, 5) is 23.7. The largest absolute Gasteiger partial charge is 0.494 e. The molecule has 146 valence electrons. The Kier molecular flexibility index (Phi) is 5.87. The number of nitrogens with one attached hydrogen (secondary N) is 1. The van der Waals surface area contributed by atoms with E-state index in [-0.39, 0.29) is 5.56 Å². The first-order valence-electron chi connectivity index (χ1n) is 9.73. The van der Waals surface area contributed by atoms with Crippen molar-refractivity contribution in [1.29, 1.82) is 0 Å². The first-order chi connectivity index (χ1) is 13.7. The monoisotopic (exact) mass is 412 g/mol. The average molecular weight is 413 g/mol. The highest BCUT2D eigenvalue weighted by molar-refractivity contribution is 8.07. The molecule has 0 aliphatic heterocycles. The first kappa shape index (κ1) is 19.3. The third-order valence-corrected chi connectivity index (χ3v) is 6.91. The lowest BCUT2D eigenvalue weighted by Crippen LogP contribution is -2.11. The van der Waals surface area contributed by atoms with Crippen LogP contribution in [0.3, 0.4) is 0 Å². The SMILES string of the molecule is CCCCOc1ccc(/C=C(\SC)c2nc3sc4c(c3c(=O)[nH]2)CCC4)cc1. The van der Waals surface area contributed by atoms with Crippen LogP contribution in [-0.2, 0) is 12.8 Å². The molecule has 6 heteroatoms. The Morgan fingerprint density at radius 2 is 2.14 bits per heavy atom. The number of aromatic nitrogens is 2. The molecule has 0 saturated heterocycles. The van der Waals surface area contributed by atoms with Gasteiger partial charge in [-0.25, -0.2) is 4.98 Å². The highest BCUT2D eigenvalue weighted by atomic mass is 32.2. The Bertz CT molecular complexity index is 1060. The van der Waals surface area contributed by atoms with Crippen LogP contribution in [0.1, 0.15) is 48.0 Å². The minimum Gasteiger partial charge on any atom is -0.494 e. The number of thiophene rings is 1. The van der Waals surface area contributed by atoms with Crippen LogP contribution in [0.4, 0.5) is 0 Å². The number of H-pyrrole nitrogens is 1. The van der Waals surface area contributed by atoms with Crippen LogP contribution in [0.25, 0.3) is 21.2 Å². The van der Waals surface area contributed by atoms with Gasteiger partial charge in [0.25, 0.3) is 5.56 Å². The van der Waals surface area contributed by atoms with E-state index in [0.717, 1.165) is 65.1 Å². The highest BCUT2D eigenvalue weighted by Gasteiger charge is 2.21. The van der Waals surface area contributed by atoms with E-state index in [0.29, 0.717) is 5.82 Å². The second-order valence-corrected chi connectivity index (χ2v) is 8.87. The number of nitrogens with zero attached hydrogens (tertiary/aromatic N) is 1. The van der Waals surface area contributed by atoms with Crippen molar-refractivity contribution in [3.63, 3.8) is 0 Å². The Balaban J connectivity index is 1.62. The third kappa shape index (κ3) is 3.89. The maximum Gasteiger partial charge on any atom is 0.260 e. The zero-order valence-electron chi connectivity index (χ0n) is 16.2. The van der Waals surface area contributed by atoms with Gasteiger partial charge in [-0.3, -0.25) is 4.79 Å². The number of benzene rings is 1. The molecule has 0 amide bonds. The summed E-state index contributed by atoms with van der Waals surface area (Å²) in [6.07, 6.45) is 9.47. The zero-order valence-corrected chi connectivity index (χ0v) is 17.8. The van der Waals surface area contributed by atoms with Crippen LogP contribution in [0.5, 0.6) is 5.75 Å². The molecule has 0 saturated carbocycles. The van der Waals surface area contributed by atoms with Crippen LogP contribution >= 0.6 is 23.1 Å². The van der Waals surface area contributed by atoms with Crippen LogP contribution in [0.2, 0.25) is 0 Å². The molecule has 2 aromatic heterocycles. The van der Waals surface area contributed by atoms with Crippen molar-refractivity contribution in [2.75, 3.05) is 12.9 Å². The molecular formula is C22H24N2O2S2. The number of fused-ring (bicyclic) bond motifs is 3.